The molecule has 0 bridgehead atoms. The summed E-state index contributed by atoms with van der Waals surface area (Å²) in [5.74, 6) is 0.475. The molecule has 22 heavy (non-hydrogen) atoms. The van der Waals surface area contributed by atoms with Crippen molar-refractivity contribution in [2.45, 2.75) is 26.8 Å². The molecular formula is C14H24N4O3S. The highest BCUT2D eigenvalue weighted by Gasteiger charge is 2.33. The monoisotopic (exact) mass is 328 g/mol. The Hall–Kier alpha value is -1.25. The molecule has 1 N–H and O–H groups in total. The number of hydrogen-bond acceptors (Lipinski definition) is 6. The number of hydrogen-bond donors (Lipinski definition) is 1. The van der Waals surface area contributed by atoms with E-state index in [-0.39, 0.29) is 17.7 Å². The van der Waals surface area contributed by atoms with Gasteiger partial charge in [-0.05, 0) is 26.3 Å². The molecule has 2 rings (SSSR count). The molecule has 1 fully saturated rings. The first kappa shape index (κ1) is 17.1. The van der Waals surface area contributed by atoms with Crippen LogP contribution >= 0.6 is 0 Å². The summed E-state index contributed by atoms with van der Waals surface area (Å²) in [5.41, 5.74) is 2.91. The van der Waals surface area contributed by atoms with E-state index in [4.69, 9.17) is 4.74 Å². The van der Waals surface area contributed by atoms with Crippen molar-refractivity contribution in [3.05, 3.63) is 17.0 Å². The van der Waals surface area contributed by atoms with Crippen LogP contribution in [0, 0.1) is 26.7 Å². The van der Waals surface area contributed by atoms with Crippen molar-refractivity contribution < 1.29 is 13.2 Å². The molecule has 0 unspecified atom stereocenters. The first-order chi connectivity index (χ1) is 10.2. The fraction of sp³-hybridized carbons (Fsp3) is 0.714. The zero-order valence-electron chi connectivity index (χ0n) is 13.8. The Morgan fingerprint density at radius 1 is 1.18 bits per heavy atom. The maximum atomic E-state index is 12.0. The molecule has 0 aromatic carbocycles. The molecule has 1 saturated heterocycles. The molecule has 0 amide bonds. The molecule has 7 nitrogen and oxygen atoms in total. The summed E-state index contributed by atoms with van der Waals surface area (Å²) in [4.78, 5) is 8.85. The second-order valence-electron chi connectivity index (χ2n) is 5.95. The molecule has 2 heterocycles. The molecule has 1 aromatic heterocycles. The van der Waals surface area contributed by atoms with Crippen LogP contribution in [0.3, 0.4) is 0 Å². The largest absolute Gasteiger partial charge is 0.379 e. The molecule has 124 valence electrons. The van der Waals surface area contributed by atoms with E-state index in [1.54, 1.807) is 14.1 Å². The van der Waals surface area contributed by atoms with Gasteiger partial charge in [0.05, 0.1) is 25.0 Å². The zero-order chi connectivity index (χ0) is 16.5. The lowest BCUT2D eigenvalue weighted by molar-refractivity contribution is 0.187. The van der Waals surface area contributed by atoms with E-state index in [0.29, 0.717) is 19.2 Å². The lowest BCUT2D eigenvalue weighted by Crippen LogP contribution is -2.37. The van der Waals surface area contributed by atoms with Gasteiger partial charge in [0.15, 0.2) is 0 Å². The minimum atomic E-state index is -3.26. The van der Waals surface area contributed by atoms with Gasteiger partial charge < -0.3 is 10.1 Å². The first-order valence-corrected chi connectivity index (χ1v) is 8.88. The van der Waals surface area contributed by atoms with Gasteiger partial charge in [0.1, 0.15) is 0 Å². The van der Waals surface area contributed by atoms with Gasteiger partial charge >= 0.3 is 0 Å². The van der Waals surface area contributed by atoms with Crippen LogP contribution in [-0.2, 0) is 14.8 Å². The summed E-state index contributed by atoms with van der Waals surface area (Å²) in [5, 5.41) is 3.23. The molecule has 0 saturated carbocycles. The van der Waals surface area contributed by atoms with Crippen molar-refractivity contribution >= 4 is 16.0 Å². The van der Waals surface area contributed by atoms with E-state index < -0.39 is 10.0 Å². The molecule has 0 radical (unpaired) electrons. The second-order valence-corrected chi connectivity index (χ2v) is 8.18. The summed E-state index contributed by atoms with van der Waals surface area (Å²) < 4.78 is 30.8. The normalized spacial score (nSPS) is 22.3. The third kappa shape index (κ3) is 3.74. The van der Waals surface area contributed by atoms with Gasteiger partial charge in [0.25, 0.3) is 0 Å². The number of nitrogens with zero attached hydrogens (tertiary/aromatic N) is 3. The predicted octanol–water partition coefficient (Wildman–Crippen LogP) is 0.720. The van der Waals surface area contributed by atoms with E-state index in [1.807, 2.05) is 20.8 Å². The Morgan fingerprint density at radius 3 is 2.32 bits per heavy atom. The van der Waals surface area contributed by atoms with Crippen LogP contribution in [0.5, 0.6) is 0 Å². The van der Waals surface area contributed by atoms with Crippen molar-refractivity contribution in [1.29, 1.82) is 0 Å². The maximum absolute atomic E-state index is 12.0. The van der Waals surface area contributed by atoms with Gasteiger partial charge in [-0.2, -0.15) is 0 Å². The van der Waals surface area contributed by atoms with Crippen LogP contribution in [-0.4, -0.2) is 61.8 Å². The molecule has 8 heteroatoms. The number of anilines is 1. The van der Waals surface area contributed by atoms with Crippen LogP contribution in [0.1, 0.15) is 17.0 Å². The molecule has 1 aliphatic rings. The fourth-order valence-electron chi connectivity index (χ4n) is 2.34. The van der Waals surface area contributed by atoms with Gasteiger partial charge in [-0.25, -0.2) is 22.7 Å². The van der Waals surface area contributed by atoms with E-state index in [2.05, 4.69) is 15.3 Å². The topological polar surface area (TPSA) is 84.4 Å². The summed E-state index contributed by atoms with van der Waals surface area (Å²) in [6.07, 6.45) is 0. The molecule has 1 aliphatic heterocycles. The summed E-state index contributed by atoms with van der Waals surface area (Å²) in [6.45, 7) is 6.75. The quantitative estimate of drug-likeness (QED) is 0.857. The Bertz CT molecular complexity index is 622. The standard InChI is InChI=1S/C14H24N4O3S/c1-9-10(2)15-14(16-11(9)3)17-13-7-21-6-12(13)8-22(19,20)18(4)5/h12-13H,6-8H2,1-5H3,(H,15,16,17)/t12-,13+/m0/s1. The van der Waals surface area contributed by atoms with E-state index in [0.717, 1.165) is 17.0 Å². The number of aryl methyl sites for hydroxylation is 2. The lowest BCUT2D eigenvalue weighted by Gasteiger charge is -2.21. The van der Waals surface area contributed by atoms with Gasteiger partial charge in [-0.1, -0.05) is 0 Å². The first-order valence-electron chi connectivity index (χ1n) is 7.27. The van der Waals surface area contributed by atoms with E-state index in [9.17, 15) is 8.42 Å². The van der Waals surface area contributed by atoms with Crippen molar-refractivity contribution in [3.63, 3.8) is 0 Å². The number of nitrogens with one attached hydrogen (secondary N) is 1. The summed E-state index contributed by atoms with van der Waals surface area (Å²) in [6, 6.07) is -0.101. The fourth-order valence-corrected chi connectivity index (χ4v) is 3.51. The van der Waals surface area contributed by atoms with Crippen molar-refractivity contribution in [1.82, 2.24) is 14.3 Å². The SMILES string of the molecule is Cc1nc(N[C@@H]2COC[C@H]2CS(=O)(=O)N(C)C)nc(C)c1C. The number of aromatic nitrogens is 2. The highest BCUT2D eigenvalue weighted by Crippen LogP contribution is 2.21. The third-order valence-corrected chi connectivity index (χ3v) is 6.09. The Morgan fingerprint density at radius 2 is 1.77 bits per heavy atom. The van der Waals surface area contributed by atoms with Crippen LogP contribution in [0.15, 0.2) is 0 Å². The van der Waals surface area contributed by atoms with Crippen LogP contribution < -0.4 is 5.32 Å². The average molecular weight is 328 g/mol. The second kappa shape index (κ2) is 6.47. The van der Waals surface area contributed by atoms with Crippen molar-refractivity contribution in [2.24, 2.45) is 5.92 Å². The van der Waals surface area contributed by atoms with Gasteiger partial charge in [0, 0.05) is 31.4 Å². The van der Waals surface area contributed by atoms with Crippen molar-refractivity contribution in [2.75, 3.05) is 38.4 Å². The Balaban J connectivity index is 2.12. The maximum Gasteiger partial charge on any atom is 0.223 e. The number of rotatable bonds is 5. The molecular weight excluding hydrogens is 304 g/mol. The molecule has 2 atom stereocenters. The summed E-state index contributed by atoms with van der Waals surface area (Å²) >= 11 is 0. The lowest BCUT2D eigenvalue weighted by atomic mass is 10.1. The van der Waals surface area contributed by atoms with Crippen LogP contribution in [0.4, 0.5) is 5.95 Å². The predicted molar refractivity (Wildman–Crippen MR) is 85.4 cm³/mol. The number of ether oxygens (including phenoxy) is 1. The summed E-state index contributed by atoms with van der Waals surface area (Å²) in [7, 11) is -0.167. The molecule has 1 aromatic rings. The highest BCUT2D eigenvalue weighted by molar-refractivity contribution is 7.89. The zero-order valence-corrected chi connectivity index (χ0v) is 14.6. The number of sulfonamides is 1. The average Bonchev–Trinajstić information content (AvgIpc) is 2.82. The highest BCUT2D eigenvalue weighted by atomic mass is 32.2. The van der Waals surface area contributed by atoms with E-state index in [1.165, 1.54) is 4.31 Å². The Labute approximate surface area is 132 Å². The van der Waals surface area contributed by atoms with Gasteiger partial charge in [-0.3, -0.25) is 0 Å². The van der Waals surface area contributed by atoms with Gasteiger partial charge in [-0.15, -0.1) is 0 Å². The van der Waals surface area contributed by atoms with Crippen LogP contribution in [0.25, 0.3) is 0 Å². The smallest absolute Gasteiger partial charge is 0.223 e. The van der Waals surface area contributed by atoms with Crippen molar-refractivity contribution in [3.8, 4) is 0 Å². The minimum Gasteiger partial charge on any atom is -0.379 e. The molecule has 0 aliphatic carbocycles. The Kier molecular flexibility index (Phi) is 5.03. The third-order valence-electron chi connectivity index (χ3n) is 4.13. The van der Waals surface area contributed by atoms with Crippen LogP contribution in [0.2, 0.25) is 0 Å². The molecule has 0 spiro atoms. The minimum absolute atomic E-state index is 0.0570. The van der Waals surface area contributed by atoms with Gasteiger partial charge in [0.2, 0.25) is 16.0 Å². The van der Waals surface area contributed by atoms with E-state index >= 15 is 0 Å².